The van der Waals surface area contributed by atoms with Crippen LogP contribution in [0.4, 0.5) is 0 Å². The zero-order valence-corrected chi connectivity index (χ0v) is 12.9. The summed E-state index contributed by atoms with van der Waals surface area (Å²) in [5.74, 6) is 0.807. The fraction of sp³-hybridized carbons (Fsp3) is 0.429. The number of aromatic nitrogens is 3. The van der Waals surface area contributed by atoms with Crippen molar-refractivity contribution in [1.82, 2.24) is 14.8 Å². The van der Waals surface area contributed by atoms with E-state index < -0.39 is 6.10 Å². The van der Waals surface area contributed by atoms with Crippen molar-refractivity contribution in [3.05, 3.63) is 46.0 Å². The number of hydrogen-bond acceptors (Lipinski definition) is 3. The molecule has 0 amide bonds. The molecule has 2 aromatic rings. The maximum absolute atomic E-state index is 10.4. The zero-order valence-electron chi connectivity index (χ0n) is 11.3. The highest BCUT2D eigenvalue weighted by Crippen LogP contribution is 2.26. The molecule has 1 unspecified atom stereocenters. The van der Waals surface area contributed by atoms with Gasteiger partial charge in [-0.1, -0.05) is 28.1 Å². The molecule has 1 aromatic carbocycles. The first-order valence-electron chi connectivity index (χ1n) is 6.32. The SMILES string of the molecule is Cc1c(Br)cccc1C(O)Cc1ncnn1C(C)C. The molecule has 0 fully saturated rings. The molecule has 0 aliphatic rings. The summed E-state index contributed by atoms with van der Waals surface area (Å²) in [6.07, 6.45) is 1.44. The van der Waals surface area contributed by atoms with Gasteiger partial charge < -0.3 is 5.11 Å². The van der Waals surface area contributed by atoms with Crippen LogP contribution < -0.4 is 0 Å². The molecule has 0 saturated heterocycles. The van der Waals surface area contributed by atoms with Crippen molar-refractivity contribution < 1.29 is 5.11 Å². The van der Waals surface area contributed by atoms with Crippen molar-refractivity contribution in [2.24, 2.45) is 0 Å². The molecule has 19 heavy (non-hydrogen) atoms. The minimum atomic E-state index is -0.570. The van der Waals surface area contributed by atoms with Crippen molar-refractivity contribution in [3.8, 4) is 0 Å². The highest BCUT2D eigenvalue weighted by molar-refractivity contribution is 9.10. The van der Waals surface area contributed by atoms with Gasteiger partial charge in [0.2, 0.25) is 0 Å². The van der Waals surface area contributed by atoms with E-state index in [4.69, 9.17) is 0 Å². The van der Waals surface area contributed by atoms with Gasteiger partial charge in [-0.2, -0.15) is 5.10 Å². The predicted octanol–water partition coefficient (Wildman–Crippen LogP) is 3.21. The lowest BCUT2D eigenvalue weighted by atomic mass is 10.0. The molecule has 1 N–H and O–H groups in total. The lowest BCUT2D eigenvalue weighted by Gasteiger charge is -2.16. The van der Waals surface area contributed by atoms with E-state index in [9.17, 15) is 5.11 Å². The Morgan fingerprint density at radius 2 is 2.11 bits per heavy atom. The van der Waals surface area contributed by atoms with Crippen molar-refractivity contribution in [3.63, 3.8) is 0 Å². The van der Waals surface area contributed by atoms with Crippen LogP contribution in [0.2, 0.25) is 0 Å². The van der Waals surface area contributed by atoms with E-state index in [0.29, 0.717) is 6.42 Å². The van der Waals surface area contributed by atoms with E-state index in [2.05, 4.69) is 39.9 Å². The minimum Gasteiger partial charge on any atom is -0.388 e. The summed E-state index contributed by atoms with van der Waals surface area (Å²) < 4.78 is 2.85. The number of aliphatic hydroxyl groups is 1. The van der Waals surface area contributed by atoms with Crippen LogP contribution >= 0.6 is 15.9 Å². The van der Waals surface area contributed by atoms with Gasteiger partial charge in [0.1, 0.15) is 12.2 Å². The van der Waals surface area contributed by atoms with Crippen LogP contribution in [0.1, 0.15) is 42.9 Å². The molecule has 4 nitrogen and oxygen atoms in total. The van der Waals surface area contributed by atoms with E-state index in [0.717, 1.165) is 21.4 Å². The Labute approximate surface area is 121 Å². The van der Waals surface area contributed by atoms with Gasteiger partial charge in [-0.05, 0) is 38.0 Å². The van der Waals surface area contributed by atoms with E-state index in [-0.39, 0.29) is 6.04 Å². The second kappa shape index (κ2) is 5.84. The maximum atomic E-state index is 10.4. The Bertz CT molecular complexity index is 566. The number of nitrogens with zero attached hydrogens (tertiary/aromatic N) is 3. The van der Waals surface area contributed by atoms with Crippen LogP contribution in [-0.2, 0) is 6.42 Å². The van der Waals surface area contributed by atoms with Gasteiger partial charge in [-0.25, -0.2) is 9.67 Å². The first-order chi connectivity index (χ1) is 9.00. The number of benzene rings is 1. The van der Waals surface area contributed by atoms with Gasteiger partial charge in [-0.15, -0.1) is 0 Å². The van der Waals surface area contributed by atoms with Gasteiger partial charge in [0, 0.05) is 16.9 Å². The molecule has 0 saturated carbocycles. The van der Waals surface area contributed by atoms with Crippen LogP contribution in [0, 0.1) is 6.92 Å². The molecule has 0 aliphatic carbocycles. The van der Waals surface area contributed by atoms with Gasteiger partial charge in [0.15, 0.2) is 0 Å². The largest absolute Gasteiger partial charge is 0.388 e. The molecule has 102 valence electrons. The van der Waals surface area contributed by atoms with E-state index in [1.807, 2.05) is 29.8 Å². The summed E-state index contributed by atoms with van der Waals surface area (Å²) in [5.41, 5.74) is 1.98. The van der Waals surface area contributed by atoms with E-state index >= 15 is 0 Å². The van der Waals surface area contributed by atoms with Gasteiger partial charge >= 0.3 is 0 Å². The molecule has 1 atom stereocenters. The molecular formula is C14H18BrN3O. The third-order valence-electron chi connectivity index (χ3n) is 3.18. The van der Waals surface area contributed by atoms with Crippen LogP contribution in [0.15, 0.2) is 29.0 Å². The van der Waals surface area contributed by atoms with Gasteiger partial charge in [0.05, 0.1) is 6.10 Å². The fourth-order valence-electron chi connectivity index (χ4n) is 2.12. The zero-order chi connectivity index (χ0) is 14.0. The number of aliphatic hydroxyl groups excluding tert-OH is 1. The average Bonchev–Trinajstić information content (AvgIpc) is 2.80. The Morgan fingerprint density at radius 1 is 1.37 bits per heavy atom. The predicted molar refractivity (Wildman–Crippen MR) is 77.9 cm³/mol. The summed E-state index contributed by atoms with van der Waals surface area (Å²) >= 11 is 3.49. The van der Waals surface area contributed by atoms with Crippen molar-refractivity contribution in [2.75, 3.05) is 0 Å². The summed E-state index contributed by atoms with van der Waals surface area (Å²) in [5, 5.41) is 14.6. The topological polar surface area (TPSA) is 50.9 Å². The summed E-state index contributed by atoms with van der Waals surface area (Å²) in [6, 6.07) is 6.10. The molecule has 0 radical (unpaired) electrons. The molecule has 1 heterocycles. The lowest BCUT2D eigenvalue weighted by Crippen LogP contribution is -2.12. The Balaban J connectivity index is 2.23. The molecule has 0 aliphatic heterocycles. The smallest absolute Gasteiger partial charge is 0.138 e. The minimum absolute atomic E-state index is 0.244. The van der Waals surface area contributed by atoms with Crippen molar-refractivity contribution in [1.29, 1.82) is 0 Å². The number of rotatable bonds is 4. The highest BCUT2D eigenvalue weighted by Gasteiger charge is 2.16. The molecular weight excluding hydrogens is 306 g/mol. The third kappa shape index (κ3) is 3.04. The molecule has 5 heteroatoms. The average molecular weight is 324 g/mol. The molecule has 2 rings (SSSR count). The lowest BCUT2D eigenvalue weighted by molar-refractivity contribution is 0.172. The third-order valence-corrected chi connectivity index (χ3v) is 4.04. The maximum Gasteiger partial charge on any atom is 0.138 e. The fourth-order valence-corrected chi connectivity index (χ4v) is 2.50. The Morgan fingerprint density at radius 3 is 2.79 bits per heavy atom. The number of hydrogen-bond donors (Lipinski definition) is 1. The van der Waals surface area contributed by atoms with Crippen LogP contribution in [0.25, 0.3) is 0 Å². The summed E-state index contributed by atoms with van der Waals surface area (Å²) in [4.78, 5) is 4.24. The summed E-state index contributed by atoms with van der Waals surface area (Å²) in [6.45, 7) is 6.10. The second-order valence-corrected chi connectivity index (χ2v) is 5.74. The van der Waals surface area contributed by atoms with Crippen LogP contribution in [-0.4, -0.2) is 19.9 Å². The normalized spacial score (nSPS) is 12.9. The highest BCUT2D eigenvalue weighted by atomic mass is 79.9. The standard InChI is InChI=1S/C14H18BrN3O/c1-9(2)18-14(16-8-17-18)7-13(19)11-5-4-6-12(15)10(11)3/h4-6,8-9,13,19H,7H2,1-3H3. The number of halogens is 1. The monoisotopic (exact) mass is 323 g/mol. The van der Waals surface area contributed by atoms with Gasteiger partial charge in [-0.3, -0.25) is 0 Å². The van der Waals surface area contributed by atoms with E-state index in [1.165, 1.54) is 6.33 Å². The van der Waals surface area contributed by atoms with Crippen molar-refractivity contribution in [2.45, 2.75) is 39.3 Å². The molecule has 1 aromatic heterocycles. The molecule has 0 spiro atoms. The summed E-state index contributed by atoms with van der Waals surface area (Å²) in [7, 11) is 0. The van der Waals surface area contributed by atoms with Crippen LogP contribution in [0.3, 0.4) is 0 Å². The Hall–Kier alpha value is -1.20. The first-order valence-corrected chi connectivity index (χ1v) is 7.11. The second-order valence-electron chi connectivity index (χ2n) is 4.89. The quantitative estimate of drug-likeness (QED) is 0.939. The van der Waals surface area contributed by atoms with Crippen LogP contribution in [0.5, 0.6) is 0 Å². The van der Waals surface area contributed by atoms with Gasteiger partial charge in [0.25, 0.3) is 0 Å². The van der Waals surface area contributed by atoms with Crippen molar-refractivity contribution >= 4 is 15.9 Å². The Kier molecular flexibility index (Phi) is 4.37. The van der Waals surface area contributed by atoms with E-state index in [1.54, 1.807) is 0 Å². The first kappa shape index (κ1) is 14.2. The molecule has 0 bridgehead atoms.